The van der Waals surface area contributed by atoms with E-state index in [1.807, 2.05) is 42.5 Å². The second kappa shape index (κ2) is 11.4. The topological polar surface area (TPSA) is 145 Å². The Labute approximate surface area is 206 Å². The van der Waals surface area contributed by atoms with Gasteiger partial charge < -0.3 is 19.0 Å². The van der Waals surface area contributed by atoms with Crippen LogP contribution >= 0.6 is 24.8 Å². The number of phosphoric ester groups is 1. The van der Waals surface area contributed by atoms with Crippen molar-refractivity contribution in [1.82, 2.24) is 10.1 Å². The van der Waals surface area contributed by atoms with Crippen LogP contribution in [-0.4, -0.2) is 19.9 Å². The molecule has 0 spiro atoms. The predicted octanol–water partition coefficient (Wildman–Crippen LogP) is 3.42. The third kappa shape index (κ3) is 6.96. The molecule has 0 amide bonds. The Morgan fingerprint density at radius 3 is 2.53 bits per heavy atom. The number of aromatic nitrogens is 3. The van der Waals surface area contributed by atoms with E-state index >= 15 is 0 Å². The molecule has 12 heteroatoms. The third-order valence-corrected chi connectivity index (χ3v) is 5.19. The molecule has 0 saturated carbocycles. The van der Waals surface area contributed by atoms with Crippen LogP contribution in [0.3, 0.4) is 0 Å². The van der Waals surface area contributed by atoms with E-state index in [0.717, 1.165) is 11.1 Å². The second-order valence-electron chi connectivity index (χ2n) is 7.16. The van der Waals surface area contributed by atoms with Gasteiger partial charge in [0.15, 0.2) is 5.76 Å². The Kier molecular flexibility index (Phi) is 8.54. The maximum Gasteiger partial charge on any atom is 0.472 e. The van der Waals surface area contributed by atoms with Gasteiger partial charge in [0.1, 0.15) is 12.2 Å². The molecule has 4 aromatic rings. The Bertz CT molecular complexity index is 1260. The van der Waals surface area contributed by atoms with Crippen molar-refractivity contribution in [2.75, 3.05) is 5.73 Å². The van der Waals surface area contributed by atoms with Gasteiger partial charge in [-0.25, -0.2) is 18.6 Å². The van der Waals surface area contributed by atoms with Gasteiger partial charge in [0, 0.05) is 24.8 Å². The Morgan fingerprint density at radius 2 is 1.82 bits per heavy atom. The number of rotatable bonds is 9. The van der Waals surface area contributed by atoms with Crippen LogP contribution in [-0.2, 0) is 28.8 Å². The number of ether oxygens (including phenoxy) is 1. The number of halogens is 1. The minimum Gasteiger partial charge on any atom is -0.473 e. The number of hydrogen-bond acceptors (Lipinski definition) is 7. The van der Waals surface area contributed by atoms with Crippen LogP contribution in [0.2, 0.25) is 0 Å². The molecule has 4 rings (SSSR count). The molecule has 10 nitrogen and oxygen atoms in total. The molecule has 0 saturated heterocycles. The molecule has 1 aromatic carbocycles. The average molecular weight is 550 g/mol. The Balaban J connectivity index is 0.00000324. The number of nitrogens with zero attached hydrogens (tertiary/aromatic N) is 3. The summed E-state index contributed by atoms with van der Waals surface area (Å²) in [4.78, 5) is 21.9. The fraction of sp³-hybridized carbons (Fsp3) is 0.136. The number of hydrogen-bond donors (Lipinski definition) is 3. The number of phosphoric acid groups is 1. The number of pyridine rings is 2. The zero-order valence-corrected chi connectivity index (χ0v) is 20.5. The highest BCUT2D eigenvalue weighted by Crippen LogP contribution is 2.35. The summed E-state index contributed by atoms with van der Waals surface area (Å²) in [5.74, 6) is 1.24. The summed E-state index contributed by atoms with van der Waals surface area (Å²) in [6.07, 6.45) is 3.78. The third-order valence-electron chi connectivity index (χ3n) is 4.74. The predicted molar refractivity (Wildman–Crippen MR) is 128 cm³/mol. The lowest BCUT2D eigenvalue weighted by Crippen LogP contribution is -2.38. The van der Waals surface area contributed by atoms with Crippen molar-refractivity contribution < 1.29 is 32.7 Å². The van der Waals surface area contributed by atoms with E-state index in [-0.39, 0.29) is 22.8 Å². The van der Waals surface area contributed by atoms with Crippen LogP contribution in [0, 0.1) is 0 Å². The number of anilines is 1. The maximum atomic E-state index is 11.0. The molecule has 0 aliphatic heterocycles. The van der Waals surface area contributed by atoms with Crippen LogP contribution in [0.4, 0.5) is 5.82 Å². The summed E-state index contributed by atoms with van der Waals surface area (Å²) in [6.45, 7) is 0.0196. The van der Waals surface area contributed by atoms with E-state index in [1.165, 1.54) is 4.57 Å². The molecule has 0 aliphatic rings. The highest BCUT2D eigenvalue weighted by atomic mass is 79.9. The van der Waals surface area contributed by atoms with Crippen molar-refractivity contribution in [3.8, 4) is 17.2 Å². The van der Waals surface area contributed by atoms with E-state index < -0.39 is 14.6 Å². The first-order valence-electron chi connectivity index (χ1n) is 9.93. The van der Waals surface area contributed by atoms with E-state index in [2.05, 4.69) is 14.7 Å². The minimum absolute atomic E-state index is 0. The van der Waals surface area contributed by atoms with Crippen LogP contribution < -0.4 is 15.0 Å². The second-order valence-corrected chi connectivity index (χ2v) is 8.40. The number of benzene rings is 1. The van der Waals surface area contributed by atoms with E-state index in [0.29, 0.717) is 35.9 Å². The van der Waals surface area contributed by atoms with Gasteiger partial charge in [0.05, 0.1) is 11.9 Å². The lowest BCUT2D eigenvalue weighted by molar-refractivity contribution is -0.711. The van der Waals surface area contributed by atoms with Crippen LogP contribution in [0.5, 0.6) is 5.88 Å². The summed E-state index contributed by atoms with van der Waals surface area (Å²) in [7, 11) is -4.62. The van der Waals surface area contributed by atoms with E-state index in [1.54, 1.807) is 30.6 Å². The fourth-order valence-electron chi connectivity index (χ4n) is 3.10. The zero-order chi connectivity index (χ0) is 23.3. The summed E-state index contributed by atoms with van der Waals surface area (Å²) >= 11 is 0. The standard InChI is InChI=1S/C22H21N4O6P.BrH/c23-22-19(4-3-11-26(22)15-31-33(27,28)29)20-13-18(25-32-20)12-16-6-8-17(9-7-16)14-30-21-5-1-2-10-24-21;/h1-11,13,23H,12,14-15H2,(H2,27,28,29);1H/p+1. The average Bonchev–Trinajstić information content (AvgIpc) is 3.26. The minimum atomic E-state index is -4.62. The van der Waals surface area contributed by atoms with Crippen molar-refractivity contribution >= 4 is 30.6 Å². The molecule has 3 heterocycles. The molecule has 0 bridgehead atoms. The number of nitrogens with two attached hydrogens (primary N) is 1. The molecule has 3 aromatic heterocycles. The van der Waals surface area contributed by atoms with Gasteiger partial charge in [-0.15, -0.1) is 17.0 Å². The van der Waals surface area contributed by atoms with Gasteiger partial charge in [0.2, 0.25) is 12.6 Å². The lowest BCUT2D eigenvalue weighted by Gasteiger charge is -2.07. The molecule has 0 unspecified atom stereocenters. The molecule has 0 radical (unpaired) electrons. The normalized spacial score (nSPS) is 11.1. The first kappa shape index (κ1) is 25.5. The number of nitrogen functional groups attached to an aromatic ring is 1. The van der Waals surface area contributed by atoms with Crippen LogP contribution in [0.15, 0.2) is 77.6 Å². The molecule has 0 aliphatic carbocycles. The van der Waals surface area contributed by atoms with Gasteiger partial charge in [-0.1, -0.05) is 35.5 Å². The summed E-state index contributed by atoms with van der Waals surface area (Å²) < 4.78 is 27.9. The van der Waals surface area contributed by atoms with Gasteiger partial charge in [-0.2, -0.15) is 0 Å². The summed E-state index contributed by atoms with van der Waals surface area (Å²) in [6, 6.07) is 18.6. The van der Waals surface area contributed by atoms with Gasteiger partial charge >= 0.3 is 7.82 Å². The van der Waals surface area contributed by atoms with Crippen molar-refractivity contribution in [3.05, 3.63) is 89.9 Å². The van der Waals surface area contributed by atoms with Gasteiger partial charge in [-0.3, -0.25) is 5.73 Å². The largest absolute Gasteiger partial charge is 0.473 e. The van der Waals surface area contributed by atoms with Crippen molar-refractivity contribution in [1.29, 1.82) is 0 Å². The fourth-order valence-corrected chi connectivity index (χ4v) is 3.37. The van der Waals surface area contributed by atoms with Gasteiger partial charge in [-0.05, 0) is 29.3 Å². The molecular weight excluding hydrogens is 527 g/mol. The highest BCUT2D eigenvalue weighted by Gasteiger charge is 2.20. The van der Waals surface area contributed by atoms with Crippen molar-refractivity contribution in [2.24, 2.45) is 0 Å². The quantitative estimate of drug-likeness (QED) is 0.211. The monoisotopic (exact) mass is 549 g/mol. The molecular formula is C22H23BrN4O6P+. The molecule has 0 atom stereocenters. The van der Waals surface area contributed by atoms with Gasteiger partial charge in [0.25, 0.3) is 5.82 Å². The molecule has 34 heavy (non-hydrogen) atoms. The highest BCUT2D eigenvalue weighted by molar-refractivity contribution is 8.93. The SMILES string of the molecule is Br.Nc1c(-c2cc(Cc3ccc(COc4ccccn4)cc3)no2)ccc[n+]1COP(=O)(O)O. The van der Waals surface area contributed by atoms with E-state index in [4.69, 9.17) is 24.8 Å². The summed E-state index contributed by atoms with van der Waals surface area (Å²) in [5, 5.41) is 4.11. The Morgan fingerprint density at radius 1 is 1.06 bits per heavy atom. The van der Waals surface area contributed by atoms with Crippen molar-refractivity contribution in [2.45, 2.75) is 19.8 Å². The first-order valence-corrected chi connectivity index (χ1v) is 11.5. The van der Waals surface area contributed by atoms with Crippen LogP contribution in [0.25, 0.3) is 11.3 Å². The smallest absolute Gasteiger partial charge is 0.472 e. The molecule has 4 N–H and O–H groups in total. The zero-order valence-electron chi connectivity index (χ0n) is 17.9. The van der Waals surface area contributed by atoms with Crippen LogP contribution in [0.1, 0.15) is 16.8 Å². The molecule has 0 fully saturated rings. The molecule has 178 valence electrons. The van der Waals surface area contributed by atoms with Crippen molar-refractivity contribution in [3.63, 3.8) is 0 Å². The maximum absolute atomic E-state index is 11.0. The lowest BCUT2D eigenvalue weighted by atomic mass is 10.1. The Hall–Kier alpha value is -3.08. The summed E-state index contributed by atoms with van der Waals surface area (Å²) in [5.41, 5.74) is 9.43. The first-order chi connectivity index (χ1) is 15.9. The van der Waals surface area contributed by atoms with E-state index in [9.17, 15) is 4.57 Å².